The standard InChI is InChI=1S/C17H14N2O2/c1-13-6-5-9-15(12-13)19-16(17(20)21-18-19)11-10-14-7-3-2-4-8-14/h2-12H,1H3/p+1/b11-10+. The van der Waals surface area contributed by atoms with Crippen LogP contribution in [0.15, 0.2) is 63.9 Å². The third kappa shape index (κ3) is 2.84. The number of aryl methyl sites for hydroxylation is 1. The van der Waals surface area contributed by atoms with E-state index in [4.69, 9.17) is 4.52 Å². The van der Waals surface area contributed by atoms with E-state index >= 15 is 0 Å². The first kappa shape index (κ1) is 13.1. The van der Waals surface area contributed by atoms with E-state index in [1.807, 2.05) is 67.6 Å². The third-order valence-electron chi connectivity index (χ3n) is 3.17. The van der Waals surface area contributed by atoms with Crippen LogP contribution in [0.3, 0.4) is 0 Å². The van der Waals surface area contributed by atoms with Crippen LogP contribution in [0.1, 0.15) is 16.8 Å². The second-order valence-electron chi connectivity index (χ2n) is 4.78. The van der Waals surface area contributed by atoms with Crippen molar-refractivity contribution < 1.29 is 9.20 Å². The number of benzene rings is 2. The lowest BCUT2D eigenvalue weighted by atomic mass is 10.2. The number of nitrogens with zero attached hydrogens (tertiary/aromatic N) is 1. The van der Waals surface area contributed by atoms with E-state index in [1.54, 1.807) is 10.8 Å². The Morgan fingerprint density at radius 3 is 2.62 bits per heavy atom. The molecule has 0 saturated carbocycles. The second-order valence-corrected chi connectivity index (χ2v) is 4.78. The second kappa shape index (κ2) is 5.63. The van der Waals surface area contributed by atoms with E-state index in [2.05, 4.69) is 5.27 Å². The lowest BCUT2D eigenvalue weighted by Crippen LogP contribution is -2.36. The molecule has 0 saturated heterocycles. The number of nitrogens with one attached hydrogen (secondary N) is 1. The number of H-pyrrole nitrogens is 1. The van der Waals surface area contributed by atoms with Crippen LogP contribution in [-0.2, 0) is 0 Å². The molecule has 0 atom stereocenters. The summed E-state index contributed by atoms with van der Waals surface area (Å²) in [5, 5.41) is 2.63. The van der Waals surface area contributed by atoms with Gasteiger partial charge in [-0.25, -0.2) is 4.79 Å². The molecule has 0 radical (unpaired) electrons. The normalized spacial score (nSPS) is 11.1. The van der Waals surface area contributed by atoms with Crippen molar-refractivity contribution in [1.82, 2.24) is 5.27 Å². The van der Waals surface area contributed by atoms with Crippen LogP contribution in [0.5, 0.6) is 0 Å². The van der Waals surface area contributed by atoms with Crippen LogP contribution >= 0.6 is 0 Å². The SMILES string of the molecule is Cc1cccc(-[n+]2[nH]oc(=O)c2/C=C/c2ccccc2)c1. The highest BCUT2D eigenvalue weighted by Gasteiger charge is 2.20. The molecule has 0 aliphatic carbocycles. The number of hydrogen-bond donors (Lipinski definition) is 1. The predicted octanol–water partition coefficient (Wildman–Crippen LogP) is 2.72. The molecule has 21 heavy (non-hydrogen) atoms. The van der Waals surface area contributed by atoms with Crippen molar-refractivity contribution in [2.75, 3.05) is 0 Å². The monoisotopic (exact) mass is 279 g/mol. The predicted molar refractivity (Wildman–Crippen MR) is 81.0 cm³/mol. The molecule has 1 heterocycles. The van der Waals surface area contributed by atoms with Gasteiger partial charge in [0.15, 0.2) is 0 Å². The van der Waals surface area contributed by atoms with E-state index in [0.717, 1.165) is 16.8 Å². The van der Waals surface area contributed by atoms with Crippen molar-refractivity contribution in [3.63, 3.8) is 0 Å². The van der Waals surface area contributed by atoms with Gasteiger partial charge in [0.2, 0.25) is 5.69 Å². The highest BCUT2D eigenvalue weighted by atomic mass is 16.5. The van der Waals surface area contributed by atoms with Gasteiger partial charge in [-0.15, -0.1) is 0 Å². The quantitative estimate of drug-likeness (QED) is 0.749. The van der Waals surface area contributed by atoms with Gasteiger partial charge in [0.1, 0.15) is 0 Å². The van der Waals surface area contributed by atoms with Gasteiger partial charge in [-0.1, -0.05) is 42.5 Å². The van der Waals surface area contributed by atoms with Crippen molar-refractivity contribution in [1.29, 1.82) is 0 Å². The van der Waals surface area contributed by atoms with Crippen LogP contribution in [0.25, 0.3) is 17.8 Å². The average Bonchev–Trinajstić information content (AvgIpc) is 2.87. The minimum Gasteiger partial charge on any atom is -0.282 e. The zero-order valence-electron chi connectivity index (χ0n) is 11.6. The molecule has 0 amide bonds. The molecule has 3 rings (SSSR count). The van der Waals surface area contributed by atoms with Crippen molar-refractivity contribution in [2.45, 2.75) is 6.92 Å². The lowest BCUT2D eigenvalue weighted by molar-refractivity contribution is -0.672. The molecule has 0 aliphatic heterocycles. The molecule has 4 nitrogen and oxygen atoms in total. The Morgan fingerprint density at radius 1 is 1.05 bits per heavy atom. The maximum atomic E-state index is 11.8. The summed E-state index contributed by atoms with van der Waals surface area (Å²) >= 11 is 0. The van der Waals surface area contributed by atoms with Gasteiger partial charge in [0.05, 0.1) is 0 Å². The Bertz CT molecular complexity index is 829. The number of aromatic amines is 1. The molecule has 0 spiro atoms. The smallest absolute Gasteiger partial charge is 0.282 e. The van der Waals surface area contributed by atoms with Gasteiger partial charge in [-0.3, -0.25) is 4.52 Å². The fourth-order valence-electron chi connectivity index (χ4n) is 2.12. The summed E-state index contributed by atoms with van der Waals surface area (Å²) in [5.41, 5.74) is 3.04. The molecule has 0 bridgehead atoms. The van der Waals surface area contributed by atoms with Crippen molar-refractivity contribution in [2.24, 2.45) is 0 Å². The van der Waals surface area contributed by atoms with E-state index in [1.165, 1.54) is 0 Å². The molecule has 1 N–H and O–H groups in total. The Kier molecular flexibility index (Phi) is 3.51. The molecule has 1 aromatic heterocycles. The molecule has 4 heteroatoms. The van der Waals surface area contributed by atoms with Gasteiger partial charge >= 0.3 is 11.3 Å². The van der Waals surface area contributed by atoms with Crippen LogP contribution < -0.4 is 10.3 Å². The Morgan fingerprint density at radius 2 is 1.86 bits per heavy atom. The van der Waals surface area contributed by atoms with Crippen molar-refractivity contribution in [3.05, 3.63) is 81.8 Å². The van der Waals surface area contributed by atoms with E-state index < -0.39 is 5.63 Å². The molecular formula is C17H15N2O2+. The molecule has 2 aromatic carbocycles. The number of rotatable bonds is 3. The average molecular weight is 279 g/mol. The molecule has 104 valence electrons. The summed E-state index contributed by atoms with van der Waals surface area (Å²) < 4.78 is 6.54. The van der Waals surface area contributed by atoms with Gasteiger partial charge in [0.25, 0.3) is 0 Å². The van der Waals surface area contributed by atoms with Gasteiger partial charge in [-0.2, -0.15) is 0 Å². The third-order valence-corrected chi connectivity index (χ3v) is 3.17. The van der Waals surface area contributed by atoms with Crippen LogP contribution in [0.4, 0.5) is 0 Å². The molecule has 0 fully saturated rings. The summed E-state index contributed by atoms with van der Waals surface area (Å²) in [6.07, 6.45) is 3.63. The highest BCUT2D eigenvalue weighted by Crippen LogP contribution is 2.06. The van der Waals surface area contributed by atoms with E-state index in [0.29, 0.717) is 5.69 Å². The fourth-order valence-corrected chi connectivity index (χ4v) is 2.12. The zero-order chi connectivity index (χ0) is 14.7. The molecular weight excluding hydrogens is 264 g/mol. The first-order valence-electron chi connectivity index (χ1n) is 6.68. The minimum absolute atomic E-state index is 0.399. The van der Waals surface area contributed by atoms with E-state index in [-0.39, 0.29) is 0 Å². The Balaban J connectivity index is 2.02. The van der Waals surface area contributed by atoms with Crippen molar-refractivity contribution in [3.8, 4) is 5.69 Å². The zero-order valence-corrected chi connectivity index (χ0v) is 11.6. The summed E-state index contributed by atoms with van der Waals surface area (Å²) in [6.45, 7) is 2.00. The summed E-state index contributed by atoms with van der Waals surface area (Å²) in [5.74, 6) is 0. The summed E-state index contributed by atoms with van der Waals surface area (Å²) in [6, 6.07) is 17.6. The van der Waals surface area contributed by atoms with Crippen molar-refractivity contribution >= 4 is 12.2 Å². The van der Waals surface area contributed by atoms with Gasteiger partial charge < -0.3 is 0 Å². The topological polar surface area (TPSA) is 49.9 Å². The maximum absolute atomic E-state index is 11.8. The molecule has 0 aliphatic rings. The van der Waals surface area contributed by atoms with E-state index in [9.17, 15) is 4.79 Å². The van der Waals surface area contributed by atoms with Crippen LogP contribution in [-0.4, -0.2) is 5.27 Å². The summed E-state index contributed by atoms with van der Waals surface area (Å²) in [7, 11) is 0. The maximum Gasteiger partial charge on any atom is 0.435 e. The molecule has 0 unspecified atom stereocenters. The highest BCUT2D eigenvalue weighted by molar-refractivity contribution is 5.66. The first-order chi connectivity index (χ1) is 10.2. The lowest BCUT2D eigenvalue weighted by Gasteiger charge is -1.93. The van der Waals surface area contributed by atoms with Crippen LogP contribution in [0.2, 0.25) is 0 Å². The van der Waals surface area contributed by atoms with Crippen LogP contribution in [0, 0.1) is 6.92 Å². The minimum atomic E-state index is -0.399. The Hall–Kier alpha value is -2.88. The fraction of sp³-hybridized carbons (Fsp3) is 0.0588. The number of aromatic nitrogens is 2. The Labute approximate surface area is 121 Å². The largest absolute Gasteiger partial charge is 0.435 e. The number of hydrogen-bond acceptors (Lipinski definition) is 2. The first-order valence-corrected chi connectivity index (χ1v) is 6.68. The van der Waals surface area contributed by atoms with Gasteiger partial charge in [-0.05, 0) is 34.1 Å². The molecule has 3 aromatic rings. The summed E-state index contributed by atoms with van der Waals surface area (Å²) in [4.78, 5) is 11.8. The van der Waals surface area contributed by atoms with Gasteiger partial charge in [0, 0.05) is 18.2 Å².